The lowest BCUT2D eigenvalue weighted by Gasteiger charge is -2.26. The molecule has 0 aliphatic heterocycles. The Hall–Kier alpha value is -1.29. The number of nitrogens with one attached hydrogen (secondary N) is 1. The Balaban J connectivity index is 2.70. The lowest BCUT2D eigenvalue weighted by Crippen LogP contribution is -2.35. The van der Waals surface area contributed by atoms with Crippen LogP contribution in [0.5, 0.6) is 0 Å². The Labute approximate surface area is 96.9 Å². The number of hydrogen-bond donors (Lipinski definition) is 3. The van der Waals surface area contributed by atoms with E-state index in [4.69, 9.17) is 5.73 Å². The number of nitrogens with two attached hydrogens (primary N) is 1. The third-order valence-corrected chi connectivity index (χ3v) is 2.97. The molecule has 1 rings (SSSR count). The fourth-order valence-corrected chi connectivity index (χ4v) is 1.46. The second kappa shape index (κ2) is 5.16. The van der Waals surface area contributed by atoms with E-state index in [1.54, 1.807) is 0 Å². The lowest BCUT2D eigenvalue weighted by molar-refractivity contribution is 0.0456. The average molecular weight is 223 g/mol. The second-order valence-electron chi connectivity index (χ2n) is 4.18. The Morgan fingerprint density at radius 2 is 2.00 bits per heavy atom. The fraction of sp³-hybridized carbons (Fsp3) is 0.583. The highest BCUT2D eigenvalue weighted by molar-refractivity contribution is 5.61. The zero-order chi connectivity index (χ0) is 12.2. The summed E-state index contributed by atoms with van der Waals surface area (Å²) < 4.78 is 0. The molecule has 0 fully saturated rings. The first-order chi connectivity index (χ1) is 7.50. The van der Waals surface area contributed by atoms with Crippen molar-refractivity contribution in [3.8, 4) is 0 Å². The molecule has 1 heterocycles. The SMILES string of the molecule is CCC(O)(CC)CNc1nc(C)ccc1N. The Morgan fingerprint density at radius 1 is 1.38 bits per heavy atom. The van der Waals surface area contributed by atoms with Crippen molar-refractivity contribution in [3.05, 3.63) is 17.8 Å². The van der Waals surface area contributed by atoms with Crippen LogP contribution in [-0.4, -0.2) is 22.2 Å². The molecule has 0 aliphatic carbocycles. The van der Waals surface area contributed by atoms with E-state index >= 15 is 0 Å². The summed E-state index contributed by atoms with van der Waals surface area (Å²) in [6, 6.07) is 3.69. The van der Waals surface area contributed by atoms with Crippen molar-refractivity contribution in [1.29, 1.82) is 0 Å². The largest absolute Gasteiger partial charge is 0.396 e. The van der Waals surface area contributed by atoms with Crippen molar-refractivity contribution < 1.29 is 5.11 Å². The van der Waals surface area contributed by atoms with E-state index < -0.39 is 5.60 Å². The molecule has 16 heavy (non-hydrogen) atoms. The molecule has 0 radical (unpaired) electrons. The number of rotatable bonds is 5. The van der Waals surface area contributed by atoms with E-state index in [1.165, 1.54) is 0 Å². The normalized spacial score (nSPS) is 11.5. The molecule has 1 aromatic heterocycles. The molecular formula is C12H21N3O. The van der Waals surface area contributed by atoms with E-state index in [0.717, 1.165) is 5.69 Å². The van der Waals surface area contributed by atoms with Crippen molar-refractivity contribution in [2.75, 3.05) is 17.6 Å². The number of aliphatic hydroxyl groups is 1. The molecule has 4 nitrogen and oxygen atoms in total. The minimum absolute atomic E-state index is 0.473. The number of nitrogens with zero attached hydrogens (tertiary/aromatic N) is 1. The van der Waals surface area contributed by atoms with Gasteiger partial charge < -0.3 is 16.2 Å². The van der Waals surface area contributed by atoms with Crippen LogP contribution in [0.25, 0.3) is 0 Å². The monoisotopic (exact) mass is 223 g/mol. The van der Waals surface area contributed by atoms with E-state index in [1.807, 2.05) is 32.9 Å². The number of nitrogen functional groups attached to an aromatic ring is 1. The third kappa shape index (κ3) is 3.10. The van der Waals surface area contributed by atoms with Crippen LogP contribution in [0.15, 0.2) is 12.1 Å². The highest BCUT2D eigenvalue weighted by Gasteiger charge is 2.22. The highest BCUT2D eigenvalue weighted by Crippen LogP contribution is 2.19. The van der Waals surface area contributed by atoms with Crippen LogP contribution < -0.4 is 11.1 Å². The number of aryl methyl sites for hydroxylation is 1. The summed E-state index contributed by atoms with van der Waals surface area (Å²) in [5.74, 6) is 0.653. The van der Waals surface area contributed by atoms with Gasteiger partial charge in [0, 0.05) is 12.2 Å². The molecule has 0 spiro atoms. The molecule has 0 saturated carbocycles. The van der Waals surface area contributed by atoms with Gasteiger partial charge in [-0.15, -0.1) is 0 Å². The fourth-order valence-electron chi connectivity index (χ4n) is 1.46. The summed E-state index contributed by atoms with van der Waals surface area (Å²) >= 11 is 0. The molecule has 0 saturated heterocycles. The van der Waals surface area contributed by atoms with Gasteiger partial charge in [-0.2, -0.15) is 0 Å². The summed E-state index contributed by atoms with van der Waals surface area (Å²) in [5.41, 5.74) is 6.63. The van der Waals surface area contributed by atoms with Crippen LogP contribution in [0.3, 0.4) is 0 Å². The molecule has 1 aromatic rings. The average Bonchev–Trinajstić information content (AvgIpc) is 2.30. The summed E-state index contributed by atoms with van der Waals surface area (Å²) in [6.07, 6.45) is 1.42. The van der Waals surface area contributed by atoms with Gasteiger partial charge in [0.2, 0.25) is 0 Å². The van der Waals surface area contributed by atoms with Gasteiger partial charge in [-0.3, -0.25) is 0 Å². The quantitative estimate of drug-likeness (QED) is 0.713. The molecule has 0 unspecified atom stereocenters. The molecular weight excluding hydrogens is 202 g/mol. The number of aromatic nitrogens is 1. The first-order valence-electron chi connectivity index (χ1n) is 5.70. The second-order valence-corrected chi connectivity index (χ2v) is 4.18. The van der Waals surface area contributed by atoms with Gasteiger partial charge in [-0.25, -0.2) is 4.98 Å². The van der Waals surface area contributed by atoms with Gasteiger partial charge in [0.25, 0.3) is 0 Å². The summed E-state index contributed by atoms with van der Waals surface area (Å²) in [4.78, 5) is 4.30. The van der Waals surface area contributed by atoms with Gasteiger partial charge in [0.15, 0.2) is 0 Å². The van der Waals surface area contributed by atoms with Crippen LogP contribution in [0.1, 0.15) is 32.4 Å². The molecule has 90 valence electrons. The zero-order valence-corrected chi connectivity index (χ0v) is 10.2. The van der Waals surface area contributed by atoms with Crippen LogP contribution in [0.4, 0.5) is 11.5 Å². The molecule has 4 heteroatoms. The van der Waals surface area contributed by atoms with Crippen molar-refractivity contribution in [2.24, 2.45) is 0 Å². The summed E-state index contributed by atoms with van der Waals surface area (Å²) in [7, 11) is 0. The number of hydrogen-bond acceptors (Lipinski definition) is 4. The Morgan fingerprint density at radius 3 is 2.56 bits per heavy atom. The van der Waals surface area contributed by atoms with Crippen molar-refractivity contribution in [2.45, 2.75) is 39.2 Å². The maximum Gasteiger partial charge on any atom is 0.149 e. The van der Waals surface area contributed by atoms with Crippen molar-refractivity contribution >= 4 is 11.5 Å². The lowest BCUT2D eigenvalue weighted by atomic mass is 9.98. The third-order valence-electron chi connectivity index (χ3n) is 2.97. The first kappa shape index (κ1) is 12.8. The van der Waals surface area contributed by atoms with E-state index in [0.29, 0.717) is 30.9 Å². The van der Waals surface area contributed by atoms with E-state index in [-0.39, 0.29) is 0 Å². The summed E-state index contributed by atoms with van der Waals surface area (Å²) in [5, 5.41) is 13.2. The van der Waals surface area contributed by atoms with E-state index in [9.17, 15) is 5.11 Å². The standard InChI is InChI=1S/C12H21N3O/c1-4-12(16,5-2)8-14-11-10(13)7-6-9(3)15-11/h6-7,16H,4-5,8,13H2,1-3H3,(H,14,15). The van der Waals surface area contributed by atoms with Gasteiger partial charge in [0.05, 0.1) is 11.3 Å². The smallest absolute Gasteiger partial charge is 0.149 e. The number of pyridine rings is 1. The molecule has 0 aromatic carbocycles. The molecule has 0 amide bonds. The molecule has 0 aliphatic rings. The van der Waals surface area contributed by atoms with E-state index in [2.05, 4.69) is 10.3 Å². The van der Waals surface area contributed by atoms with Gasteiger partial charge in [-0.05, 0) is 31.9 Å². The minimum Gasteiger partial charge on any atom is -0.396 e. The minimum atomic E-state index is -0.683. The predicted molar refractivity (Wildman–Crippen MR) is 67.4 cm³/mol. The van der Waals surface area contributed by atoms with Gasteiger partial charge >= 0.3 is 0 Å². The van der Waals surface area contributed by atoms with Gasteiger partial charge in [0.1, 0.15) is 5.82 Å². The van der Waals surface area contributed by atoms with Crippen LogP contribution in [0, 0.1) is 6.92 Å². The highest BCUT2D eigenvalue weighted by atomic mass is 16.3. The summed E-state index contributed by atoms with van der Waals surface area (Å²) in [6.45, 7) is 6.33. The first-order valence-corrected chi connectivity index (χ1v) is 5.70. The molecule has 4 N–H and O–H groups in total. The van der Waals surface area contributed by atoms with Crippen molar-refractivity contribution in [1.82, 2.24) is 4.98 Å². The molecule has 0 atom stereocenters. The topological polar surface area (TPSA) is 71.2 Å². The van der Waals surface area contributed by atoms with Crippen molar-refractivity contribution in [3.63, 3.8) is 0 Å². The van der Waals surface area contributed by atoms with Crippen LogP contribution in [0.2, 0.25) is 0 Å². The van der Waals surface area contributed by atoms with Gasteiger partial charge in [-0.1, -0.05) is 13.8 Å². The Kier molecular flexibility index (Phi) is 4.12. The zero-order valence-electron chi connectivity index (χ0n) is 10.2. The van der Waals surface area contributed by atoms with Crippen LogP contribution in [-0.2, 0) is 0 Å². The maximum absolute atomic E-state index is 10.1. The van der Waals surface area contributed by atoms with Crippen LogP contribution >= 0.6 is 0 Å². The Bertz CT molecular complexity index is 348. The number of anilines is 2. The predicted octanol–water partition coefficient (Wildman–Crippen LogP) is 1.94. The molecule has 0 bridgehead atoms. The maximum atomic E-state index is 10.1.